The number of amides is 2. The third-order valence-corrected chi connectivity index (χ3v) is 5.49. The summed E-state index contributed by atoms with van der Waals surface area (Å²) >= 11 is 7.36. The summed E-state index contributed by atoms with van der Waals surface area (Å²) in [5.74, 6) is 0.0583. The molecule has 2 aromatic carbocycles. The highest BCUT2D eigenvalue weighted by Gasteiger charge is 2.27. The van der Waals surface area contributed by atoms with Crippen LogP contribution < -0.4 is 5.32 Å². The molecule has 144 valence electrons. The lowest BCUT2D eigenvalue weighted by Gasteiger charge is -2.30. The molecule has 0 radical (unpaired) electrons. The highest BCUT2D eigenvalue weighted by molar-refractivity contribution is 8.00. The summed E-state index contributed by atoms with van der Waals surface area (Å²) in [7, 11) is 1.60. The van der Waals surface area contributed by atoms with Gasteiger partial charge in [0.05, 0.1) is 5.75 Å². The molecule has 0 saturated heterocycles. The zero-order chi connectivity index (χ0) is 19.8. The molecule has 2 rings (SSSR count). The van der Waals surface area contributed by atoms with E-state index in [1.54, 1.807) is 24.1 Å². The van der Waals surface area contributed by atoms with E-state index in [4.69, 9.17) is 11.6 Å². The van der Waals surface area contributed by atoms with Gasteiger partial charge >= 0.3 is 0 Å². The highest BCUT2D eigenvalue weighted by Crippen LogP contribution is 2.22. The lowest BCUT2D eigenvalue weighted by molar-refractivity contribution is -0.139. The van der Waals surface area contributed by atoms with E-state index in [-0.39, 0.29) is 17.6 Å². The molecule has 0 aliphatic carbocycles. The van der Waals surface area contributed by atoms with Gasteiger partial charge in [-0.25, -0.2) is 0 Å². The lowest BCUT2D eigenvalue weighted by atomic mass is 10.1. The highest BCUT2D eigenvalue weighted by atomic mass is 35.5. The van der Waals surface area contributed by atoms with Gasteiger partial charge in [0.25, 0.3) is 0 Å². The Morgan fingerprint density at radius 3 is 2.48 bits per heavy atom. The molecule has 6 heteroatoms. The second kappa shape index (κ2) is 10.4. The van der Waals surface area contributed by atoms with Gasteiger partial charge in [0.2, 0.25) is 11.8 Å². The quantitative estimate of drug-likeness (QED) is 0.667. The minimum Gasteiger partial charge on any atom is -0.357 e. The predicted molar refractivity (Wildman–Crippen MR) is 112 cm³/mol. The molecule has 27 heavy (non-hydrogen) atoms. The van der Waals surface area contributed by atoms with Crippen LogP contribution in [0.5, 0.6) is 0 Å². The number of aryl methyl sites for hydroxylation is 1. The van der Waals surface area contributed by atoms with Crippen molar-refractivity contribution in [3.63, 3.8) is 0 Å². The maximum Gasteiger partial charge on any atom is 0.242 e. The molecule has 1 unspecified atom stereocenters. The fourth-order valence-corrected chi connectivity index (χ4v) is 3.76. The van der Waals surface area contributed by atoms with Crippen molar-refractivity contribution < 1.29 is 9.59 Å². The number of thioether (sulfide) groups is 1. The van der Waals surface area contributed by atoms with Crippen molar-refractivity contribution >= 4 is 35.2 Å². The van der Waals surface area contributed by atoms with Crippen LogP contribution in [0.15, 0.2) is 53.4 Å². The van der Waals surface area contributed by atoms with Crippen LogP contribution in [-0.2, 0) is 16.1 Å². The summed E-state index contributed by atoms with van der Waals surface area (Å²) in [6.07, 6.45) is 0.558. The van der Waals surface area contributed by atoms with Gasteiger partial charge in [-0.3, -0.25) is 9.59 Å². The van der Waals surface area contributed by atoms with Crippen LogP contribution in [0, 0.1) is 6.92 Å². The van der Waals surface area contributed by atoms with Gasteiger partial charge in [0.1, 0.15) is 6.04 Å². The third kappa shape index (κ3) is 6.29. The Hall–Kier alpha value is -1.98. The number of carbonyl (C=O) groups is 2. The summed E-state index contributed by atoms with van der Waals surface area (Å²) in [5.41, 5.74) is 2.14. The molecule has 0 saturated carbocycles. The smallest absolute Gasteiger partial charge is 0.242 e. The van der Waals surface area contributed by atoms with Crippen LogP contribution in [0.2, 0.25) is 5.02 Å². The first-order chi connectivity index (χ1) is 12.9. The Balaban J connectivity index is 2.17. The molecule has 0 bridgehead atoms. The molecule has 0 spiro atoms. The molecular formula is C21H25ClN2O2S. The lowest BCUT2D eigenvalue weighted by Crippen LogP contribution is -2.48. The summed E-state index contributed by atoms with van der Waals surface area (Å²) < 4.78 is 0. The fraction of sp³-hybridized carbons (Fsp3) is 0.333. The maximum absolute atomic E-state index is 13.0. The molecular weight excluding hydrogens is 380 g/mol. The number of halogens is 1. The monoisotopic (exact) mass is 404 g/mol. The van der Waals surface area contributed by atoms with Crippen LogP contribution in [0.1, 0.15) is 24.5 Å². The average molecular weight is 405 g/mol. The van der Waals surface area contributed by atoms with E-state index in [1.165, 1.54) is 11.8 Å². The predicted octanol–water partition coefficient (Wildman–Crippen LogP) is 4.29. The van der Waals surface area contributed by atoms with E-state index in [0.29, 0.717) is 18.0 Å². The number of likely N-dealkylation sites (N-methyl/N-ethyl adjacent to an activating group) is 1. The maximum atomic E-state index is 13.0. The van der Waals surface area contributed by atoms with Crippen molar-refractivity contribution in [3.05, 3.63) is 64.7 Å². The van der Waals surface area contributed by atoms with E-state index in [9.17, 15) is 9.59 Å². The van der Waals surface area contributed by atoms with Crippen LogP contribution in [0.25, 0.3) is 0 Å². The largest absolute Gasteiger partial charge is 0.357 e. The SMILES string of the molecule is CCC(C(=O)NC)N(Cc1cccc(C)c1)C(=O)CSc1ccc(Cl)cc1. The molecule has 1 N–H and O–H groups in total. The second-order valence-electron chi connectivity index (χ2n) is 6.29. The zero-order valence-corrected chi connectivity index (χ0v) is 17.4. The molecule has 0 aliphatic heterocycles. The van der Waals surface area contributed by atoms with Gasteiger partial charge in [-0.05, 0) is 43.2 Å². The van der Waals surface area contributed by atoms with Crippen LogP contribution in [0.3, 0.4) is 0 Å². The first-order valence-corrected chi connectivity index (χ1v) is 10.3. The van der Waals surface area contributed by atoms with E-state index in [0.717, 1.165) is 16.0 Å². The Kier molecular flexibility index (Phi) is 8.20. The molecule has 0 aromatic heterocycles. The van der Waals surface area contributed by atoms with Gasteiger partial charge < -0.3 is 10.2 Å². The number of benzene rings is 2. The number of carbonyl (C=O) groups excluding carboxylic acids is 2. The van der Waals surface area contributed by atoms with Gasteiger partial charge in [-0.1, -0.05) is 48.4 Å². The van der Waals surface area contributed by atoms with Gasteiger partial charge in [0.15, 0.2) is 0 Å². The number of nitrogens with one attached hydrogen (secondary N) is 1. The zero-order valence-electron chi connectivity index (χ0n) is 15.9. The summed E-state index contributed by atoms with van der Waals surface area (Å²) in [4.78, 5) is 28.0. The molecule has 2 aromatic rings. The second-order valence-corrected chi connectivity index (χ2v) is 7.78. The Morgan fingerprint density at radius 2 is 1.89 bits per heavy atom. The molecule has 0 aliphatic rings. The van der Waals surface area contributed by atoms with E-state index in [1.807, 2.05) is 50.2 Å². The van der Waals surface area contributed by atoms with Crippen molar-refractivity contribution in [3.8, 4) is 0 Å². The first-order valence-electron chi connectivity index (χ1n) is 8.89. The number of hydrogen-bond donors (Lipinski definition) is 1. The van der Waals surface area contributed by atoms with Crippen molar-refractivity contribution in [2.45, 2.75) is 37.8 Å². The van der Waals surface area contributed by atoms with Crippen LogP contribution in [-0.4, -0.2) is 35.6 Å². The molecule has 1 atom stereocenters. The normalized spacial score (nSPS) is 11.7. The van der Waals surface area contributed by atoms with Crippen molar-refractivity contribution in [2.24, 2.45) is 0 Å². The Bertz CT molecular complexity index is 780. The average Bonchev–Trinajstić information content (AvgIpc) is 2.67. The minimum absolute atomic E-state index is 0.0630. The third-order valence-electron chi connectivity index (χ3n) is 4.24. The molecule has 2 amide bonds. The summed E-state index contributed by atoms with van der Waals surface area (Å²) in [6.45, 7) is 4.35. The number of hydrogen-bond acceptors (Lipinski definition) is 3. The van der Waals surface area contributed by atoms with Gasteiger partial charge in [-0.15, -0.1) is 11.8 Å². The number of rotatable bonds is 8. The summed E-state index contributed by atoms with van der Waals surface area (Å²) in [6, 6.07) is 14.9. The van der Waals surface area contributed by atoms with Crippen molar-refractivity contribution in [1.29, 1.82) is 0 Å². The van der Waals surface area contributed by atoms with Gasteiger partial charge in [-0.2, -0.15) is 0 Å². The molecule has 0 heterocycles. The topological polar surface area (TPSA) is 49.4 Å². The Morgan fingerprint density at radius 1 is 1.19 bits per heavy atom. The van der Waals surface area contributed by atoms with Crippen molar-refractivity contribution in [2.75, 3.05) is 12.8 Å². The van der Waals surface area contributed by atoms with E-state index < -0.39 is 6.04 Å². The van der Waals surface area contributed by atoms with Crippen LogP contribution >= 0.6 is 23.4 Å². The number of nitrogens with zero attached hydrogens (tertiary/aromatic N) is 1. The van der Waals surface area contributed by atoms with E-state index in [2.05, 4.69) is 5.32 Å². The minimum atomic E-state index is -0.492. The molecule has 4 nitrogen and oxygen atoms in total. The van der Waals surface area contributed by atoms with Gasteiger partial charge in [0, 0.05) is 23.5 Å². The Labute approximate surface area is 170 Å². The molecule has 0 fully saturated rings. The van der Waals surface area contributed by atoms with Crippen molar-refractivity contribution in [1.82, 2.24) is 10.2 Å². The van der Waals surface area contributed by atoms with E-state index >= 15 is 0 Å². The summed E-state index contributed by atoms with van der Waals surface area (Å²) in [5, 5.41) is 3.34. The van der Waals surface area contributed by atoms with Crippen LogP contribution in [0.4, 0.5) is 0 Å². The first kappa shape index (κ1) is 21.3. The standard InChI is InChI=1S/C21H25ClN2O2S/c1-4-19(21(26)23-3)24(13-16-7-5-6-15(2)12-16)20(25)14-27-18-10-8-17(22)9-11-18/h5-12,19H,4,13-14H2,1-3H3,(H,23,26). The fourth-order valence-electron chi connectivity index (χ4n) is 2.85.